The van der Waals surface area contributed by atoms with E-state index in [0.29, 0.717) is 17.8 Å². The highest BCUT2D eigenvalue weighted by Gasteiger charge is 2.50. The fourth-order valence-electron chi connectivity index (χ4n) is 5.13. The topological polar surface area (TPSA) is 127 Å². The molecule has 0 spiro atoms. The fourth-order valence-corrected chi connectivity index (χ4v) is 5.13. The number of allylic oxidation sites excluding steroid dienone is 2. The summed E-state index contributed by atoms with van der Waals surface area (Å²) in [5, 5.41) is 10.8. The van der Waals surface area contributed by atoms with Crippen LogP contribution in [0.25, 0.3) is 0 Å². The minimum absolute atomic E-state index is 0.00915. The van der Waals surface area contributed by atoms with Gasteiger partial charge in [-0.05, 0) is 48.7 Å². The molecule has 0 unspecified atom stereocenters. The third-order valence-corrected chi connectivity index (χ3v) is 7.02. The quantitative estimate of drug-likeness (QED) is 0.158. The third kappa shape index (κ3) is 4.04. The van der Waals surface area contributed by atoms with Gasteiger partial charge in [-0.2, -0.15) is 0 Å². The highest BCUT2D eigenvalue weighted by atomic mass is 16.6. The van der Waals surface area contributed by atoms with Crippen molar-refractivity contribution in [3.05, 3.63) is 70.8 Å². The molecule has 0 N–H and O–H groups in total. The van der Waals surface area contributed by atoms with Gasteiger partial charge in [0.05, 0.1) is 28.4 Å². The maximum absolute atomic E-state index is 12.9. The first kappa shape index (κ1) is 23.4. The number of rotatable bonds is 5. The van der Waals surface area contributed by atoms with E-state index >= 15 is 0 Å². The second kappa shape index (κ2) is 9.03. The summed E-state index contributed by atoms with van der Waals surface area (Å²) in [5.74, 6) is -2.50. The zero-order valence-electron chi connectivity index (χ0n) is 19.4. The van der Waals surface area contributed by atoms with Gasteiger partial charge < -0.3 is 9.64 Å². The zero-order valence-corrected chi connectivity index (χ0v) is 19.4. The van der Waals surface area contributed by atoms with E-state index in [1.54, 1.807) is 12.1 Å². The van der Waals surface area contributed by atoms with Crippen LogP contribution in [-0.2, 0) is 19.2 Å². The number of hydrogen-bond donors (Lipinski definition) is 0. The lowest BCUT2D eigenvalue weighted by molar-refractivity contribution is -0.384. The molecule has 5 rings (SSSR count). The molecule has 184 valence electrons. The fraction of sp³-hybridized carbons (Fsp3) is 0.308. The maximum atomic E-state index is 12.9. The number of imide groups is 1. The van der Waals surface area contributed by atoms with Gasteiger partial charge in [0.15, 0.2) is 0 Å². The van der Waals surface area contributed by atoms with Crippen molar-refractivity contribution in [1.82, 2.24) is 0 Å². The van der Waals surface area contributed by atoms with Gasteiger partial charge in [-0.3, -0.25) is 34.2 Å². The summed E-state index contributed by atoms with van der Waals surface area (Å²) in [4.78, 5) is 63.9. The molecule has 0 radical (unpaired) electrons. The number of esters is 1. The first-order valence-corrected chi connectivity index (χ1v) is 11.7. The molecular weight excluding hydrogens is 466 g/mol. The minimum Gasteiger partial charge on any atom is -0.426 e. The van der Waals surface area contributed by atoms with Gasteiger partial charge in [0.2, 0.25) is 17.7 Å². The predicted octanol–water partition coefficient (Wildman–Crippen LogP) is 3.25. The molecule has 36 heavy (non-hydrogen) atoms. The Morgan fingerprint density at radius 2 is 1.67 bits per heavy atom. The lowest BCUT2D eigenvalue weighted by atomic mass is 9.78. The second-order valence-corrected chi connectivity index (χ2v) is 9.26. The van der Waals surface area contributed by atoms with Crippen LogP contribution in [0.5, 0.6) is 5.75 Å². The molecule has 0 bridgehead atoms. The van der Waals surface area contributed by atoms with E-state index in [0.717, 1.165) is 0 Å². The van der Waals surface area contributed by atoms with Crippen LogP contribution in [0, 0.1) is 33.8 Å². The Bertz CT molecular complexity index is 1290. The van der Waals surface area contributed by atoms with Gasteiger partial charge in [-0.15, -0.1) is 0 Å². The third-order valence-electron chi connectivity index (χ3n) is 7.02. The smallest absolute Gasteiger partial charge is 0.316 e. The standard InChI is InChI=1S/C26H23N3O7/c1-15-3-2-4-21-23(15)25(32)28(24(21)31)18-9-11-20(12-10-18)36-26(33)16-13-22(30)27(14-16)17-5-7-19(8-6-17)29(34)35/h2-3,5-12,15-16,21,23H,4,13-14H2,1H3/t15-,16-,21+,23-/m1/s1. The van der Waals surface area contributed by atoms with Crippen LogP contribution in [0.4, 0.5) is 17.1 Å². The largest absolute Gasteiger partial charge is 0.426 e. The van der Waals surface area contributed by atoms with E-state index in [9.17, 15) is 29.3 Å². The summed E-state index contributed by atoms with van der Waals surface area (Å²) in [7, 11) is 0. The molecule has 1 aliphatic carbocycles. The second-order valence-electron chi connectivity index (χ2n) is 9.26. The number of nitro benzene ring substituents is 1. The molecule has 2 aromatic carbocycles. The van der Waals surface area contributed by atoms with Crippen LogP contribution in [-0.4, -0.2) is 35.2 Å². The maximum Gasteiger partial charge on any atom is 0.316 e. The average molecular weight is 489 g/mol. The summed E-state index contributed by atoms with van der Waals surface area (Å²) >= 11 is 0. The minimum atomic E-state index is -0.703. The molecule has 2 fully saturated rings. The van der Waals surface area contributed by atoms with Gasteiger partial charge >= 0.3 is 5.97 Å². The number of hydrogen-bond acceptors (Lipinski definition) is 7. The van der Waals surface area contributed by atoms with E-state index in [1.165, 1.54) is 46.2 Å². The molecule has 2 saturated heterocycles. The Morgan fingerprint density at radius 3 is 2.31 bits per heavy atom. The Balaban J connectivity index is 1.23. The summed E-state index contributed by atoms with van der Waals surface area (Å²) in [6, 6.07) is 11.7. The zero-order chi connectivity index (χ0) is 25.6. The van der Waals surface area contributed by atoms with Crippen LogP contribution >= 0.6 is 0 Å². The molecular formula is C26H23N3O7. The number of carbonyl (C=O) groups is 4. The molecule has 2 heterocycles. The molecule has 10 heteroatoms. The molecule has 3 amide bonds. The highest BCUT2D eigenvalue weighted by molar-refractivity contribution is 6.22. The number of anilines is 2. The van der Waals surface area contributed by atoms with Gasteiger partial charge in [0.25, 0.3) is 5.69 Å². The first-order chi connectivity index (χ1) is 17.2. The van der Waals surface area contributed by atoms with Crippen LogP contribution in [0.1, 0.15) is 19.8 Å². The molecule has 3 aliphatic rings. The number of fused-ring (bicyclic) bond motifs is 1. The molecule has 2 aromatic rings. The molecule has 0 aromatic heterocycles. The van der Waals surface area contributed by atoms with E-state index in [2.05, 4.69) is 0 Å². The lowest BCUT2D eigenvalue weighted by Gasteiger charge is -2.22. The number of amides is 3. The Kier molecular flexibility index (Phi) is 5.87. The van der Waals surface area contributed by atoms with E-state index in [4.69, 9.17) is 4.74 Å². The van der Waals surface area contributed by atoms with Crippen LogP contribution < -0.4 is 14.5 Å². The van der Waals surface area contributed by atoms with Crippen molar-refractivity contribution in [2.24, 2.45) is 23.7 Å². The number of nitrogens with zero attached hydrogens (tertiary/aromatic N) is 3. The van der Waals surface area contributed by atoms with Gasteiger partial charge in [0.1, 0.15) is 5.75 Å². The van der Waals surface area contributed by atoms with E-state index in [1.807, 2.05) is 19.1 Å². The Morgan fingerprint density at radius 1 is 1.00 bits per heavy atom. The normalized spacial score (nSPS) is 25.3. The van der Waals surface area contributed by atoms with Crippen LogP contribution in [0.15, 0.2) is 60.7 Å². The number of non-ortho nitro benzene ring substituents is 1. The SMILES string of the molecule is C[C@@H]1C=CC[C@@H]2C(=O)N(c3ccc(OC(=O)[C@@H]4CC(=O)N(c5ccc([N+](=O)[O-])cc5)C4)cc3)C(=O)[C@H]12. The predicted molar refractivity (Wildman–Crippen MR) is 128 cm³/mol. The van der Waals surface area contributed by atoms with E-state index < -0.39 is 16.8 Å². The van der Waals surface area contributed by atoms with Crippen molar-refractivity contribution in [1.29, 1.82) is 0 Å². The molecule has 4 atom stereocenters. The molecule has 2 aliphatic heterocycles. The first-order valence-electron chi connectivity index (χ1n) is 11.7. The van der Waals surface area contributed by atoms with Crippen LogP contribution in [0.3, 0.4) is 0 Å². The number of nitro groups is 1. The summed E-state index contributed by atoms with van der Waals surface area (Å²) in [5.41, 5.74) is 0.800. The summed E-state index contributed by atoms with van der Waals surface area (Å²) < 4.78 is 5.46. The van der Waals surface area contributed by atoms with Crippen molar-refractivity contribution in [3.8, 4) is 5.75 Å². The molecule has 10 nitrogen and oxygen atoms in total. The Labute approximate surface area is 206 Å². The van der Waals surface area contributed by atoms with Crippen LogP contribution in [0.2, 0.25) is 0 Å². The van der Waals surface area contributed by atoms with Crippen molar-refractivity contribution in [2.45, 2.75) is 19.8 Å². The number of benzene rings is 2. The van der Waals surface area contributed by atoms with Gasteiger partial charge in [-0.25, -0.2) is 0 Å². The van der Waals surface area contributed by atoms with Gasteiger partial charge in [0, 0.05) is 30.8 Å². The van der Waals surface area contributed by atoms with Crippen molar-refractivity contribution in [3.63, 3.8) is 0 Å². The van der Waals surface area contributed by atoms with Crippen molar-refractivity contribution < 1.29 is 28.8 Å². The monoisotopic (exact) mass is 489 g/mol. The summed E-state index contributed by atoms with van der Waals surface area (Å²) in [6.07, 6.45) is 4.41. The average Bonchev–Trinajstić information content (AvgIpc) is 3.38. The summed E-state index contributed by atoms with van der Waals surface area (Å²) in [6.45, 7) is 2.03. The van der Waals surface area contributed by atoms with E-state index in [-0.39, 0.29) is 59.9 Å². The highest BCUT2D eigenvalue weighted by Crippen LogP contribution is 2.40. The number of carbonyl (C=O) groups excluding carboxylic acids is 4. The number of ether oxygens (including phenoxy) is 1. The van der Waals surface area contributed by atoms with Crippen molar-refractivity contribution in [2.75, 3.05) is 16.3 Å². The van der Waals surface area contributed by atoms with Crippen molar-refractivity contribution >= 4 is 40.8 Å². The molecule has 0 saturated carbocycles. The van der Waals surface area contributed by atoms with Gasteiger partial charge in [-0.1, -0.05) is 19.1 Å². The lowest BCUT2D eigenvalue weighted by Crippen LogP contribution is -2.31. The Hall–Kier alpha value is -4.34.